The Balaban J connectivity index is 1.32. The number of rotatable bonds is 8. The third-order valence-corrected chi connectivity index (χ3v) is 5.30. The van der Waals surface area contributed by atoms with Crippen LogP contribution in [0.5, 0.6) is 0 Å². The average Bonchev–Trinajstić information content (AvgIpc) is 2.86. The van der Waals surface area contributed by atoms with Crippen LogP contribution in [0.2, 0.25) is 0 Å². The molecule has 0 spiro atoms. The summed E-state index contributed by atoms with van der Waals surface area (Å²) < 4.78 is 16.1. The van der Waals surface area contributed by atoms with E-state index in [1.165, 1.54) is 7.11 Å². The van der Waals surface area contributed by atoms with Crippen LogP contribution in [0.15, 0.2) is 72.8 Å². The minimum Gasteiger partial charge on any atom is -0.445 e. The second-order valence-electron chi connectivity index (χ2n) is 7.53. The molecule has 1 N–H and O–H groups in total. The van der Waals surface area contributed by atoms with Crippen LogP contribution in [0.1, 0.15) is 43.0 Å². The van der Waals surface area contributed by atoms with Gasteiger partial charge in [-0.1, -0.05) is 60.7 Å². The first-order valence-electron chi connectivity index (χ1n) is 10.5. The summed E-state index contributed by atoms with van der Waals surface area (Å²) in [7, 11) is 1.46. The molecule has 0 fully saturated rings. The number of ketones is 2. The molecule has 168 valence electrons. The molecule has 1 amide bonds. The SMILES string of the molecule is COC(COCc1ccccc1)NC(=O)OCc1ccc2c(c1)C(=O)c1ccccc1C2=O. The smallest absolute Gasteiger partial charge is 0.409 e. The van der Waals surface area contributed by atoms with Gasteiger partial charge in [-0.25, -0.2) is 4.79 Å². The van der Waals surface area contributed by atoms with Crippen LogP contribution in [0, 0.1) is 0 Å². The van der Waals surface area contributed by atoms with Gasteiger partial charge in [-0.3, -0.25) is 14.9 Å². The topological polar surface area (TPSA) is 90.9 Å². The average molecular weight is 445 g/mol. The molecule has 1 aliphatic carbocycles. The zero-order chi connectivity index (χ0) is 23.2. The third-order valence-electron chi connectivity index (χ3n) is 5.30. The second kappa shape index (κ2) is 10.2. The fraction of sp³-hybridized carbons (Fsp3) is 0.192. The van der Waals surface area contributed by atoms with Crippen LogP contribution in [0.3, 0.4) is 0 Å². The number of ether oxygens (including phenoxy) is 3. The number of hydrogen-bond donors (Lipinski definition) is 1. The van der Waals surface area contributed by atoms with Crippen molar-refractivity contribution in [3.63, 3.8) is 0 Å². The van der Waals surface area contributed by atoms with Crippen LogP contribution >= 0.6 is 0 Å². The van der Waals surface area contributed by atoms with E-state index in [4.69, 9.17) is 14.2 Å². The molecule has 4 rings (SSSR count). The van der Waals surface area contributed by atoms with Crippen molar-refractivity contribution in [3.8, 4) is 0 Å². The molecule has 0 aliphatic heterocycles. The van der Waals surface area contributed by atoms with Gasteiger partial charge in [0.15, 0.2) is 17.8 Å². The highest BCUT2D eigenvalue weighted by Gasteiger charge is 2.29. The van der Waals surface area contributed by atoms with E-state index in [9.17, 15) is 14.4 Å². The molecule has 0 saturated carbocycles. The molecule has 3 aromatic carbocycles. The van der Waals surface area contributed by atoms with Crippen molar-refractivity contribution < 1.29 is 28.6 Å². The number of amides is 1. The molecule has 0 saturated heterocycles. The highest BCUT2D eigenvalue weighted by molar-refractivity contribution is 6.28. The number of carbonyl (C=O) groups is 3. The first-order chi connectivity index (χ1) is 16.1. The largest absolute Gasteiger partial charge is 0.445 e. The van der Waals surface area contributed by atoms with Gasteiger partial charge in [0.1, 0.15) is 6.61 Å². The molecule has 33 heavy (non-hydrogen) atoms. The molecule has 0 radical (unpaired) electrons. The van der Waals surface area contributed by atoms with Gasteiger partial charge in [0.25, 0.3) is 0 Å². The van der Waals surface area contributed by atoms with E-state index in [1.54, 1.807) is 42.5 Å². The maximum atomic E-state index is 12.8. The number of fused-ring (bicyclic) bond motifs is 2. The van der Waals surface area contributed by atoms with Crippen molar-refractivity contribution in [1.29, 1.82) is 0 Å². The van der Waals surface area contributed by atoms with Crippen molar-refractivity contribution in [2.75, 3.05) is 13.7 Å². The first kappa shape index (κ1) is 22.4. The van der Waals surface area contributed by atoms with Crippen molar-refractivity contribution in [3.05, 3.63) is 106 Å². The maximum Gasteiger partial charge on any atom is 0.409 e. The van der Waals surface area contributed by atoms with Gasteiger partial charge in [0.05, 0.1) is 13.2 Å². The maximum absolute atomic E-state index is 12.8. The minimum atomic E-state index is -0.685. The lowest BCUT2D eigenvalue weighted by molar-refractivity contribution is -0.0156. The van der Waals surface area contributed by atoms with E-state index in [2.05, 4.69) is 5.32 Å². The predicted molar refractivity (Wildman–Crippen MR) is 120 cm³/mol. The Morgan fingerprint density at radius 3 is 2.12 bits per heavy atom. The third kappa shape index (κ3) is 5.16. The Bertz CT molecular complexity index is 1170. The summed E-state index contributed by atoms with van der Waals surface area (Å²) in [5.41, 5.74) is 3.05. The molecule has 0 aromatic heterocycles. The van der Waals surface area contributed by atoms with Gasteiger partial charge in [-0.2, -0.15) is 0 Å². The minimum absolute atomic E-state index is 0.0659. The monoisotopic (exact) mass is 445 g/mol. The Morgan fingerprint density at radius 2 is 1.42 bits per heavy atom. The first-order valence-corrected chi connectivity index (χ1v) is 10.5. The summed E-state index contributed by atoms with van der Waals surface area (Å²) in [6, 6.07) is 21.3. The normalized spacial score (nSPS) is 13.1. The highest BCUT2D eigenvalue weighted by atomic mass is 16.6. The van der Waals surface area contributed by atoms with Crippen LogP contribution in [-0.2, 0) is 27.4 Å². The van der Waals surface area contributed by atoms with Crippen molar-refractivity contribution in [1.82, 2.24) is 5.32 Å². The van der Waals surface area contributed by atoms with Gasteiger partial charge in [0.2, 0.25) is 0 Å². The fourth-order valence-corrected chi connectivity index (χ4v) is 3.59. The molecular weight excluding hydrogens is 422 g/mol. The Labute approximate surface area is 191 Å². The number of hydrogen-bond acceptors (Lipinski definition) is 6. The molecule has 0 heterocycles. The van der Waals surface area contributed by atoms with Gasteiger partial charge >= 0.3 is 6.09 Å². The lowest BCUT2D eigenvalue weighted by Crippen LogP contribution is -2.39. The fourth-order valence-electron chi connectivity index (χ4n) is 3.59. The summed E-state index contributed by atoms with van der Waals surface area (Å²) in [4.78, 5) is 37.7. The molecule has 0 bridgehead atoms. The van der Waals surface area contributed by atoms with Crippen molar-refractivity contribution >= 4 is 17.7 Å². The van der Waals surface area contributed by atoms with E-state index >= 15 is 0 Å². The van der Waals surface area contributed by atoms with Crippen molar-refractivity contribution in [2.45, 2.75) is 19.4 Å². The number of carbonyl (C=O) groups excluding carboxylic acids is 3. The highest BCUT2D eigenvalue weighted by Crippen LogP contribution is 2.28. The molecule has 7 heteroatoms. The summed E-state index contributed by atoms with van der Waals surface area (Å²) in [6.07, 6.45) is -1.36. The van der Waals surface area contributed by atoms with E-state index in [-0.39, 0.29) is 24.8 Å². The molecule has 1 unspecified atom stereocenters. The van der Waals surface area contributed by atoms with Crippen LogP contribution in [0.25, 0.3) is 0 Å². The van der Waals surface area contributed by atoms with E-state index < -0.39 is 12.3 Å². The van der Waals surface area contributed by atoms with Crippen LogP contribution < -0.4 is 5.32 Å². The molecular formula is C26H23NO6. The van der Waals surface area contributed by atoms with Gasteiger partial charge in [-0.15, -0.1) is 0 Å². The molecule has 7 nitrogen and oxygen atoms in total. The zero-order valence-electron chi connectivity index (χ0n) is 18.1. The zero-order valence-corrected chi connectivity index (χ0v) is 18.1. The van der Waals surface area contributed by atoms with E-state index in [1.807, 2.05) is 30.3 Å². The van der Waals surface area contributed by atoms with Gasteiger partial charge < -0.3 is 14.2 Å². The summed E-state index contributed by atoms with van der Waals surface area (Å²) >= 11 is 0. The Hall–Kier alpha value is -3.81. The lowest BCUT2D eigenvalue weighted by Gasteiger charge is -2.19. The molecule has 3 aromatic rings. The number of methoxy groups -OCH3 is 1. The Kier molecular flexibility index (Phi) is 6.92. The standard InChI is InChI=1S/C26H23NO6/c1-31-23(16-32-14-17-7-3-2-4-8-17)27-26(30)33-15-18-11-12-21-22(13-18)25(29)20-10-6-5-9-19(20)24(21)28/h2-13,23H,14-16H2,1H3,(H,27,30). The summed E-state index contributed by atoms with van der Waals surface area (Å²) in [6.45, 7) is 0.474. The number of nitrogens with one attached hydrogen (secondary N) is 1. The molecule has 1 aliphatic rings. The van der Waals surface area contributed by atoms with Crippen LogP contribution in [0.4, 0.5) is 4.79 Å². The second-order valence-corrected chi connectivity index (χ2v) is 7.53. The van der Waals surface area contributed by atoms with E-state index in [0.29, 0.717) is 34.4 Å². The molecule has 1 atom stereocenters. The van der Waals surface area contributed by atoms with Crippen LogP contribution in [-0.4, -0.2) is 37.6 Å². The lowest BCUT2D eigenvalue weighted by atomic mass is 9.83. The van der Waals surface area contributed by atoms with Gasteiger partial charge in [-0.05, 0) is 23.3 Å². The summed E-state index contributed by atoms with van der Waals surface area (Å²) in [5.74, 6) is -0.412. The quantitative estimate of drug-likeness (QED) is 0.414. The number of benzene rings is 3. The van der Waals surface area contributed by atoms with Crippen molar-refractivity contribution in [2.24, 2.45) is 0 Å². The van der Waals surface area contributed by atoms with E-state index in [0.717, 1.165) is 5.56 Å². The number of alkyl carbamates (subject to hydrolysis) is 1. The predicted octanol–water partition coefficient (Wildman–Crippen LogP) is 3.88. The Morgan fingerprint density at radius 1 is 0.788 bits per heavy atom. The summed E-state index contributed by atoms with van der Waals surface area (Å²) in [5, 5.41) is 2.58. The van der Waals surface area contributed by atoms with Gasteiger partial charge in [0, 0.05) is 29.4 Å².